The Morgan fingerprint density at radius 1 is 1.13 bits per heavy atom. The largest absolute Gasteiger partial charge is 0.469 e. The maximum Gasteiger partial charge on any atom is 0.222 e. The molecule has 30 heavy (non-hydrogen) atoms. The molecular weight excluding hydrogens is 511 g/mol. The predicted molar refractivity (Wildman–Crippen MR) is 134 cm³/mol. The first kappa shape index (κ1) is 24.6. The molecule has 8 heteroatoms. The fourth-order valence-electron chi connectivity index (χ4n) is 3.18. The molecule has 164 valence electrons. The molecule has 2 N–H and O–H groups in total. The summed E-state index contributed by atoms with van der Waals surface area (Å²) in [6.45, 7) is 3.98. The lowest BCUT2D eigenvalue weighted by molar-refractivity contribution is -0.127. The minimum atomic E-state index is 0. The Kier molecular flexibility index (Phi) is 11.8. The summed E-state index contributed by atoms with van der Waals surface area (Å²) in [5, 5.41) is 6.80. The molecule has 3 rings (SSSR count). The lowest BCUT2D eigenvalue weighted by Gasteiger charge is -2.15. The van der Waals surface area contributed by atoms with E-state index in [0.717, 1.165) is 62.9 Å². The third-order valence-corrected chi connectivity index (χ3v) is 5.69. The highest BCUT2D eigenvalue weighted by Crippen LogP contribution is 2.15. The van der Waals surface area contributed by atoms with Crippen LogP contribution in [0.15, 0.2) is 63.0 Å². The van der Waals surface area contributed by atoms with Gasteiger partial charge in [0.25, 0.3) is 0 Å². The van der Waals surface area contributed by atoms with Gasteiger partial charge in [-0.2, -0.15) is 0 Å². The summed E-state index contributed by atoms with van der Waals surface area (Å²) in [6.07, 6.45) is 5.08. The molecule has 0 unspecified atom stereocenters. The van der Waals surface area contributed by atoms with Crippen molar-refractivity contribution in [3.05, 3.63) is 54.5 Å². The van der Waals surface area contributed by atoms with Crippen LogP contribution >= 0.6 is 35.7 Å². The molecular formula is C22H31IN4O2S. The molecule has 1 aromatic heterocycles. The Bertz CT molecular complexity index is 756. The number of halogens is 1. The van der Waals surface area contributed by atoms with Crippen LogP contribution in [0.25, 0.3) is 0 Å². The number of thioether (sulfide) groups is 1. The van der Waals surface area contributed by atoms with Gasteiger partial charge in [0.05, 0.1) is 6.26 Å². The summed E-state index contributed by atoms with van der Waals surface area (Å²) in [5.74, 6) is 3.02. The topological polar surface area (TPSA) is 69.9 Å². The first-order valence-electron chi connectivity index (χ1n) is 10.3. The molecule has 1 amide bonds. The summed E-state index contributed by atoms with van der Waals surface area (Å²) in [4.78, 5) is 19.6. The third kappa shape index (κ3) is 8.99. The zero-order valence-electron chi connectivity index (χ0n) is 17.2. The molecule has 1 fully saturated rings. The van der Waals surface area contributed by atoms with E-state index in [9.17, 15) is 4.79 Å². The number of hydrogen-bond acceptors (Lipinski definition) is 4. The lowest BCUT2D eigenvalue weighted by atomic mass is 10.3. The first-order chi connectivity index (χ1) is 14.3. The molecule has 1 aromatic carbocycles. The number of guanidine groups is 1. The van der Waals surface area contributed by atoms with Crippen molar-refractivity contribution < 1.29 is 9.21 Å². The van der Waals surface area contributed by atoms with Crippen molar-refractivity contribution in [2.75, 3.05) is 38.5 Å². The number of nitrogens with zero attached hydrogens (tertiary/aromatic N) is 2. The molecule has 0 saturated carbocycles. The number of furan rings is 1. The Labute approximate surface area is 200 Å². The zero-order chi connectivity index (χ0) is 20.2. The normalized spacial score (nSPS) is 13.9. The van der Waals surface area contributed by atoms with E-state index in [1.54, 1.807) is 6.26 Å². The van der Waals surface area contributed by atoms with E-state index in [1.165, 1.54) is 4.90 Å². The molecule has 0 atom stereocenters. The van der Waals surface area contributed by atoms with E-state index in [2.05, 4.69) is 39.9 Å². The van der Waals surface area contributed by atoms with Gasteiger partial charge in [0, 0.05) is 56.2 Å². The van der Waals surface area contributed by atoms with E-state index in [-0.39, 0.29) is 29.9 Å². The van der Waals surface area contributed by atoms with E-state index in [1.807, 2.05) is 34.9 Å². The first-order valence-corrected chi connectivity index (χ1v) is 11.3. The van der Waals surface area contributed by atoms with Gasteiger partial charge in [-0.05, 0) is 37.1 Å². The lowest BCUT2D eigenvalue weighted by Crippen LogP contribution is -2.39. The number of benzene rings is 1. The number of nitrogens with one attached hydrogen (secondary N) is 2. The summed E-state index contributed by atoms with van der Waals surface area (Å²) in [5.41, 5.74) is 0. The Morgan fingerprint density at radius 2 is 1.97 bits per heavy atom. The van der Waals surface area contributed by atoms with Gasteiger partial charge in [0.1, 0.15) is 5.76 Å². The summed E-state index contributed by atoms with van der Waals surface area (Å²) in [6, 6.07) is 14.3. The van der Waals surface area contributed by atoms with Crippen LogP contribution in [-0.2, 0) is 11.2 Å². The van der Waals surface area contributed by atoms with Crippen molar-refractivity contribution >= 4 is 47.6 Å². The fourth-order valence-corrected chi connectivity index (χ4v) is 3.97. The Hall–Kier alpha value is -1.68. The molecule has 6 nitrogen and oxygen atoms in total. The number of aliphatic imine (C=N–C) groups is 1. The van der Waals surface area contributed by atoms with Gasteiger partial charge in [-0.25, -0.2) is 0 Å². The van der Waals surface area contributed by atoms with Crippen LogP contribution < -0.4 is 10.6 Å². The third-order valence-electron chi connectivity index (χ3n) is 4.68. The van der Waals surface area contributed by atoms with Crippen LogP contribution in [0.1, 0.15) is 25.0 Å². The van der Waals surface area contributed by atoms with Gasteiger partial charge < -0.3 is 20.0 Å². The quantitative estimate of drug-likeness (QED) is 0.149. The van der Waals surface area contributed by atoms with E-state index in [0.29, 0.717) is 13.0 Å². The molecule has 0 radical (unpaired) electrons. The molecule has 2 heterocycles. The molecule has 0 aliphatic carbocycles. The van der Waals surface area contributed by atoms with Crippen LogP contribution in [0, 0.1) is 0 Å². The standard InChI is InChI=1S/C22H30N4O2S.HI/c27-21-10-4-15-26(21)16-6-12-23-22(24-13-11-19-7-5-17-28-19)25-14-18-29-20-8-2-1-3-9-20;/h1-3,5,7-9,17H,4,6,10-16,18H2,(H2,23,24,25);1H. The van der Waals surface area contributed by atoms with Gasteiger partial charge >= 0.3 is 0 Å². The van der Waals surface area contributed by atoms with E-state index < -0.39 is 0 Å². The summed E-state index contributed by atoms with van der Waals surface area (Å²) in [7, 11) is 0. The van der Waals surface area contributed by atoms with Crippen LogP contribution in [0.4, 0.5) is 0 Å². The number of carbonyl (C=O) groups is 1. The minimum Gasteiger partial charge on any atom is -0.469 e. The van der Waals surface area contributed by atoms with Crippen molar-refractivity contribution in [2.24, 2.45) is 4.99 Å². The van der Waals surface area contributed by atoms with Crippen molar-refractivity contribution in [2.45, 2.75) is 30.6 Å². The second-order valence-corrected chi connectivity index (χ2v) is 8.08. The van der Waals surface area contributed by atoms with Gasteiger partial charge in [0.2, 0.25) is 5.91 Å². The molecule has 0 bridgehead atoms. The Morgan fingerprint density at radius 3 is 2.70 bits per heavy atom. The molecule has 1 aliphatic rings. The van der Waals surface area contributed by atoms with Crippen LogP contribution in [0.3, 0.4) is 0 Å². The molecule has 1 aliphatic heterocycles. The highest BCUT2D eigenvalue weighted by atomic mass is 127. The van der Waals surface area contributed by atoms with Crippen LogP contribution in [0.2, 0.25) is 0 Å². The summed E-state index contributed by atoms with van der Waals surface area (Å²) >= 11 is 1.83. The maximum atomic E-state index is 11.7. The maximum absolute atomic E-state index is 11.7. The van der Waals surface area contributed by atoms with Crippen molar-refractivity contribution in [1.29, 1.82) is 0 Å². The molecule has 0 spiro atoms. The number of likely N-dealkylation sites (tertiary alicyclic amines) is 1. The van der Waals surface area contributed by atoms with Gasteiger partial charge in [0.15, 0.2) is 5.96 Å². The fraction of sp³-hybridized carbons (Fsp3) is 0.455. The van der Waals surface area contributed by atoms with Crippen molar-refractivity contribution in [3.63, 3.8) is 0 Å². The van der Waals surface area contributed by atoms with E-state index >= 15 is 0 Å². The number of rotatable bonds is 11. The monoisotopic (exact) mass is 542 g/mol. The van der Waals surface area contributed by atoms with Crippen molar-refractivity contribution in [1.82, 2.24) is 15.5 Å². The Balaban J connectivity index is 0.00000320. The van der Waals surface area contributed by atoms with Gasteiger partial charge in [-0.15, -0.1) is 35.7 Å². The second kappa shape index (κ2) is 14.3. The number of amides is 1. The zero-order valence-corrected chi connectivity index (χ0v) is 20.4. The predicted octanol–water partition coefficient (Wildman–Crippen LogP) is 3.78. The minimum absolute atomic E-state index is 0. The number of hydrogen-bond donors (Lipinski definition) is 2. The van der Waals surface area contributed by atoms with Gasteiger partial charge in [-0.3, -0.25) is 9.79 Å². The smallest absolute Gasteiger partial charge is 0.222 e. The highest BCUT2D eigenvalue weighted by Gasteiger charge is 2.18. The van der Waals surface area contributed by atoms with Gasteiger partial charge in [-0.1, -0.05) is 18.2 Å². The van der Waals surface area contributed by atoms with Crippen LogP contribution in [0.5, 0.6) is 0 Å². The average Bonchev–Trinajstić information content (AvgIpc) is 3.40. The van der Waals surface area contributed by atoms with Crippen LogP contribution in [-0.4, -0.2) is 55.2 Å². The second-order valence-electron chi connectivity index (χ2n) is 6.91. The van der Waals surface area contributed by atoms with E-state index in [4.69, 9.17) is 4.42 Å². The molecule has 1 saturated heterocycles. The number of carbonyl (C=O) groups excluding carboxylic acids is 1. The SMILES string of the molecule is I.O=C1CCCN1CCCN=C(NCCSc1ccccc1)NCCc1ccco1. The summed E-state index contributed by atoms with van der Waals surface area (Å²) < 4.78 is 5.39. The highest BCUT2D eigenvalue weighted by molar-refractivity contribution is 14.0. The average molecular weight is 542 g/mol. The van der Waals surface area contributed by atoms with Crippen molar-refractivity contribution in [3.8, 4) is 0 Å². The molecule has 2 aromatic rings.